The summed E-state index contributed by atoms with van der Waals surface area (Å²) in [6.07, 6.45) is 11.3. The highest BCUT2D eigenvalue weighted by molar-refractivity contribution is 5.97. The molecule has 7 aromatic rings. The number of anilines is 3. The van der Waals surface area contributed by atoms with Crippen LogP contribution in [0.1, 0.15) is 73.6 Å². The zero-order valence-electron chi connectivity index (χ0n) is 33.0. The van der Waals surface area contributed by atoms with Crippen LogP contribution in [0.3, 0.4) is 0 Å². The Balaban J connectivity index is 0.948. The van der Waals surface area contributed by atoms with Crippen LogP contribution in [-0.4, -0.2) is 0 Å². The van der Waals surface area contributed by atoms with Gasteiger partial charge in [-0.25, -0.2) is 0 Å². The van der Waals surface area contributed by atoms with Gasteiger partial charge in [-0.2, -0.15) is 0 Å². The minimum absolute atomic E-state index is 0.142. The molecule has 9 saturated carbocycles. The van der Waals surface area contributed by atoms with E-state index < -0.39 is 0 Å². The van der Waals surface area contributed by atoms with Crippen molar-refractivity contribution in [1.82, 2.24) is 0 Å². The molecule has 58 heavy (non-hydrogen) atoms. The Morgan fingerprint density at radius 3 is 2.05 bits per heavy atom. The van der Waals surface area contributed by atoms with Crippen molar-refractivity contribution in [3.63, 3.8) is 0 Å². The molecule has 9 fully saturated rings. The first kappa shape index (κ1) is 31.6. The van der Waals surface area contributed by atoms with E-state index in [-0.39, 0.29) is 10.8 Å². The molecular formula is C57H47N. The minimum atomic E-state index is 0.142. The Labute approximate surface area is 341 Å². The molecule has 18 rings (SSSR count). The molecule has 7 aromatic carbocycles. The smallest absolute Gasteiger partial charge is 0.0543 e. The molecule has 280 valence electrons. The Kier molecular flexibility index (Phi) is 5.77. The van der Waals surface area contributed by atoms with Gasteiger partial charge in [-0.1, -0.05) is 122 Å². The van der Waals surface area contributed by atoms with E-state index in [1.165, 1.54) is 113 Å². The van der Waals surface area contributed by atoms with E-state index in [0.717, 1.165) is 35.5 Å². The molecule has 0 heterocycles. The van der Waals surface area contributed by atoms with Crippen molar-refractivity contribution >= 4 is 27.8 Å². The minimum Gasteiger partial charge on any atom is -0.310 e. The Hall–Kier alpha value is -5.40. The van der Waals surface area contributed by atoms with Crippen molar-refractivity contribution in [3.05, 3.63) is 174 Å². The first-order valence-corrected chi connectivity index (χ1v) is 22.5. The number of rotatable bonds is 4. The fraction of sp³-hybridized carbons (Fsp3) is 0.298. The molecule has 7 bridgehead atoms. The topological polar surface area (TPSA) is 3.24 Å². The molecule has 3 unspecified atom stereocenters. The van der Waals surface area contributed by atoms with Crippen LogP contribution in [0, 0.1) is 40.9 Å². The third-order valence-corrected chi connectivity index (χ3v) is 18.3. The fourth-order valence-corrected chi connectivity index (χ4v) is 16.8. The van der Waals surface area contributed by atoms with Gasteiger partial charge in [-0.15, -0.1) is 0 Å². The average molecular weight is 746 g/mol. The second-order valence-corrected chi connectivity index (χ2v) is 20.1. The van der Waals surface area contributed by atoms with E-state index in [4.69, 9.17) is 0 Å². The monoisotopic (exact) mass is 745 g/mol. The standard InChI is InChI=1S/C57H47N/c1-2-9-38-29-39(18-17-36(38)8-1)37-19-22-42(23-20-37)58(52-15-7-14-49-53(52)46-11-4-5-12-47(46)56(49)32-34-16-21-41(56)27-34)43-24-25-45-44-10-3-6-13-48(44)57(50(45)30-43)51-28-35-26-40-33-55(57,31-35)54(40)51/h1-15,17-20,22-25,29-30,34-35,40-41,51,54H,16,21,26-28,31-33H2/t34?,35-,40?,41?,51+,54-,55-,56-,57+/m1/s1. The van der Waals surface area contributed by atoms with Crippen LogP contribution in [-0.2, 0) is 10.8 Å². The number of nitrogens with zero attached hydrogens (tertiary/aromatic N) is 1. The van der Waals surface area contributed by atoms with Crippen molar-refractivity contribution in [1.29, 1.82) is 0 Å². The number of hydrogen-bond acceptors (Lipinski definition) is 1. The zero-order chi connectivity index (χ0) is 37.5. The van der Waals surface area contributed by atoms with E-state index in [1.807, 2.05) is 0 Å². The van der Waals surface area contributed by atoms with E-state index in [0.29, 0.717) is 5.41 Å². The van der Waals surface area contributed by atoms with Gasteiger partial charge in [0.2, 0.25) is 0 Å². The highest BCUT2D eigenvalue weighted by atomic mass is 15.1. The van der Waals surface area contributed by atoms with Gasteiger partial charge >= 0.3 is 0 Å². The van der Waals surface area contributed by atoms with Crippen molar-refractivity contribution in [2.24, 2.45) is 40.9 Å². The molecule has 3 spiro atoms. The summed E-state index contributed by atoms with van der Waals surface area (Å²) in [5.41, 5.74) is 19.6. The van der Waals surface area contributed by atoms with E-state index >= 15 is 0 Å². The summed E-state index contributed by atoms with van der Waals surface area (Å²) < 4.78 is 0. The van der Waals surface area contributed by atoms with Crippen LogP contribution in [0.4, 0.5) is 17.1 Å². The van der Waals surface area contributed by atoms with Gasteiger partial charge in [0.15, 0.2) is 0 Å². The van der Waals surface area contributed by atoms with Gasteiger partial charge in [0.25, 0.3) is 0 Å². The van der Waals surface area contributed by atoms with Crippen LogP contribution in [0.2, 0.25) is 0 Å². The SMILES string of the molecule is c1ccc2c(c1)-c1c(N(c3ccc(-c4ccc5ccccc5c4)cc3)c3ccc4c(c3)[C@@]3(c5ccccc5-4)[C@H]4C[C@H]5CC6C[C@]3(C5)[C@H]64)cccc1[C@@]21CC2CCC1C2. The predicted molar refractivity (Wildman–Crippen MR) is 237 cm³/mol. The molecule has 11 aliphatic rings. The van der Waals surface area contributed by atoms with E-state index in [9.17, 15) is 0 Å². The van der Waals surface area contributed by atoms with Crippen molar-refractivity contribution in [3.8, 4) is 33.4 Å². The number of benzene rings is 7. The number of fused-ring (bicyclic) bond motifs is 12. The van der Waals surface area contributed by atoms with Crippen LogP contribution >= 0.6 is 0 Å². The summed E-state index contributed by atoms with van der Waals surface area (Å²) in [4.78, 5) is 2.67. The van der Waals surface area contributed by atoms with Gasteiger partial charge in [-0.05, 0) is 183 Å². The van der Waals surface area contributed by atoms with E-state index in [2.05, 4.69) is 157 Å². The first-order valence-electron chi connectivity index (χ1n) is 22.5. The van der Waals surface area contributed by atoms with Gasteiger partial charge in [0, 0.05) is 27.8 Å². The lowest BCUT2D eigenvalue weighted by Gasteiger charge is -2.85. The molecule has 1 nitrogen and oxygen atoms in total. The summed E-state index contributed by atoms with van der Waals surface area (Å²) in [6, 6.07) is 59.4. The lowest BCUT2D eigenvalue weighted by Crippen LogP contribution is -2.81. The summed E-state index contributed by atoms with van der Waals surface area (Å²) in [6.45, 7) is 0. The van der Waals surface area contributed by atoms with Gasteiger partial charge in [0.05, 0.1) is 5.69 Å². The van der Waals surface area contributed by atoms with Gasteiger partial charge in [-0.3, -0.25) is 0 Å². The van der Waals surface area contributed by atoms with Crippen molar-refractivity contribution in [2.75, 3.05) is 4.90 Å². The molecule has 0 radical (unpaired) electrons. The quantitative estimate of drug-likeness (QED) is 0.173. The third kappa shape index (κ3) is 3.50. The van der Waals surface area contributed by atoms with Crippen LogP contribution in [0.5, 0.6) is 0 Å². The molecule has 0 aliphatic heterocycles. The molecule has 0 N–H and O–H groups in total. The molecule has 1 heteroatoms. The Morgan fingerprint density at radius 2 is 1.24 bits per heavy atom. The van der Waals surface area contributed by atoms with E-state index in [1.54, 1.807) is 22.3 Å². The predicted octanol–water partition coefficient (Wildman–Crippen LogP) is 14.4. The highest BCUT2D eigenvalue weighted by Gasteiger charge is 2.84. The third-order valence-electron chi connectivity index (χ3n) is 18.3. The maximum absolute atomic E-state index is 2.71. The summed E-state index contributed by atoms with van der Waals surface area (Å²) in [5, 5.41) is 2.58. The molecule has 9 atom stereocenters. The second kappa shape index (κ2) is 10.6. The maximum Gasteiger partial charge on any atom is 0.0543 e. The van der Waals surface area contributed by atoms with Crippen LogP contribution in [0.15, 0.2) is 152 Å². The highest BCUT2D eigenvalue weighted by Crippen LogP contribution is 2.89. The van der Waals surface area contributed by atoms with Gasteiger partial charge in [0.1, 0.15) is 0 Å². The number of hydrogen-bond donors (Lipinski definition) is 0. The molecule has 0 aromatic heterocycles. The Bertz CT molecular complexity index is 2940. The first-order chi connectivity index (χ1) is 28.7. The summed E-state index contributed by atoms with van der Waals surface area (Å²) in [5.74, 6) is 5.24. The summed E-state index contributed by atoms with van der Waals surface area (Å²) in [7, 11) is 0. The maximum atomic E-state index is 2.71. The van der Waals surface area contributed by atoms with Crippen LogP contribution < -0.4 is 4.90 Å². The zero-order valence-corrected chi connectivity index (χ0v) is 33.0. The fourth-order valence-electron chi connectivity index (χ4n) is 16.8. The lowest BCUT2D eigenvalue weighted by molar-refractivity contribution is -0.327. The largest absolute Gasteiger partial charge is 0.310 e. The van der Waals surface area contributed by atoms with Crippen molar-refractivity contribution < 1.29 is 0 Å². The van der Waals surface area contributed by atoms with Crippen molar-refractivity contribution in [2.45, 2.75) is 62.2 Å². The lowest BCUT2D eigenvalue weighted by atomic mass is 9.18. The van der Waals surface area contributed by atoms with Gasteiger partial charge < -0.3 is 4.90 Å². The molecule has 11 aliphatic carbocycles. The molecule has 0 saturated heterocycles. The average Bonchev–Trinajstić information content (AvgIpc) is 4.03. The van der Waals surface area contributed by atoms with Crippen LogP contribution in [0.25, 0.3) is 44.2 Å². The second-order valence-electron chi connectivity index (χ2n) is 20.1. The normalized spacial score (nSPS) is 32.8. The molecule has 0 amide bonds. The summed E-state index contributed by atoms with van der Waals surface area (Å²) >= 11 is 0. The Morgan fingerprint density at radius 1 is 0.483 bits per heavy atom. The molecular weight excluding hydrogens is 699 g/mol.